The zero-order valence-electron chi connectivity index (χ0n) is 20.3. The predicted molar refractivity (Wildman–Crippen MR) is 137 cm³/mol. The van der Waals surface area contributed by atoms with Crippen molar-refractivity contribution in [3.05, 3.63) is 108 Å². The van der Waals surface area contributed by atoms with Gasteiger partial charge >= 0.3 is 0 Å². The Labute approximate surface area is 219 Å². The van der Waals surface area contributed by atoms with Gasteiger partial charge in [0, 0.05) is 30.8 Å². The summed E-state index contributed by atoms with van der Waals surface area (Å²) in [4.78, 5) is 4.31. The maximum Gasteiger partial charge on any atom is 0.243 e. The molecule has 1 aliphatic carbocycles. The molecule has 2 aliphatic rings. The Morgan fingerprint density at radius 2 is 1.71 bits per heavy atom. The normalized spacial score (nSPS) is 19.4. The lowest BCUT2D eigenvalue weighted by atomic mass is 9.69. The molecule has 10 heteroatoms. The summed E-state index contributed by atoms with van der Waals surface area (Å²) in [5.41, 5.74) is 2.94. The van der Waals surface area contributed by atoms with E-state index in [0.29, 0.717) is 18.7 Å². The van der Waals surface area contributed by atoms with Crippen LogP contribution in [-0.4, -0.2) is 47.2 Å². The van der Waals surface area contributed by atoms with E-state index < -0.39 is 21.3 Å². The summed E-state index contributed by atoms with van der Waals surface area (Å²) in [6, 6.07) is 16.4. The molecule has 1 unspecified atom stereocenters. The second-order valence-electron chi connectivity index (χ2n) is 9.57. The van der Waals surface area contributed by atoms with Gasteiger partial charge in [-0.3, -0.25) is 0 Å². The molecule has 0 amide bonds. The molecule has 194 valence electrons. The average Bonchev–Trinajstić information content (AvgIpc) is 3.33. The molecular formula is C28H24F2N4O3S. The highest BCUT2D eigenvalue weighted by atomic mass is 32.2. The molecule has 6 rings (SSSR count). The van der Waals surface area contributed by atoms with Crippen molar-refractivity contribution in [1.29, 1.82) is 0 Å². The molecule has 2 aromatic heterocycles. The summed E-state index contributed by atoms with van der Waals surface area (Å²) in [5.74, 6) is -0.368. The summed E-state index contributed by atoms with van der Waals surface area (Å²) < 4.78 is 63.4. The number of hydrogen-bond acceptors (Lipinski definition) is 5. The Balaban J connectivity index is 1.37. The van der Waals surface area contributed by atoms with Crippen LogP contribution in [0.2, 0.25) is 0 Å². The van der Waals surface area contributed by atoms with E-state index in [4.69, 9.17) is 4.74 Å². The number of pyridine rings is 1. The quantitative estimate of drug-likeness (QED) is 0.360. The minimum Gasteiger partial charge on any atom is -0.477 e. The maximum absolute atomic E-state index is 13.5. The van der Waals surface area contributed by atoms with Crippen molar-refractivity contribution in [3.63, 3.8) is 0 Å². The lowest BCUT2D eigenvalue weighted by Gasteiger charge is -2.45. The minimum atomic E-state index is -3.86. The lowest BCUT2D eigenvalue weighted by molar-refractivity contribution is 0.122. The summed E-state index contributed by atoms with van der Waals surface area (Å²) in [7, 11) is -3.86. The lowest BCUT2D eigenvalue weighted by Crippen LogP contribution is -2.52. The van der Waals surface area contributed by atoms with Crippen molar-refractivity contribution in [3.8, 4) is 11.6 Å². The van der Waals surface area contributed by atoms with Gasteiger partial charge in [-0.1, -0.05) is 11.6 Å². The summed E-state index contributed by atoms with van der Waals surface area (Å²) in [6.45, 7) is 0.676. The van der Waals surface area contributed by atoms with Crippen LogP contribution in [0.15, 0.2) is 89.6 Å². The second kappa shape index (κ2) is 9.45. The van der Waals surface area contributed by atoms with E-state index in [9.17, 15) is 17.2 Å². The molecule has 0 N–H and O–H groups in total. The smallest absolute Gasteiger partial charge is 0.243 e. The van der Waals surface area contributed by atoms with Gasteiger partial charge in [-0.2, -0.15) is 9.40 Å². The van der Waals surface area contributed by atoms with Gasteiger partial charge in [0.25, 0.3) is 0 Å². The SMILES string of the molecule is O=S(=O)(c1ccc(F)cc1)N1CCC2=Cc3c(cnn3-c3ccc(F)cc3)CC2(COc2ccccn2)C1. The average molecular weight is 535 g/mol. The molecule has 0 saturated carbocycles. The predicted octanol–water partition coefficient (Wildman–Crippen LogP) is 4.65. The zero-order valence-corrected chi connectivity index (χ0v) is 21.1. The zero-order chi connectivity index (χ0) is 26.3. The van der Waals surface area contributed by atoms with Crippen molar-refractivity contribution in [1.82, 2.24) is 19.1 Å². The van der Waals surface area contributed by atoms with E-state index in [0.717, 1.165) is 34.7 Å². The number of benzene rings is 2. The van der Waals surface area contributed by atoms with Gasteiger partial charge in [-0.05, 0) is 79.1 Å². The first-order valence-corrected chi connectivity index (χ1v) is 13.6. The van der Waals surface area contributed by atoms with Gasteiger partial charge in [-0.25, -0.2) is 26.9 Å². The maximum atomic E-state index is 13.5. The van der Waals surface area contributed by atoms with E-state index in [-0.39, 0.29) is 30.4 Å². The fraction of sp³-hybridized carbons (Fsp3) is 0.214. The fourth-order valence-corrected chi connectivity index (χ4v) is 6.74. The van der Waals surface area contributed by atoms with Crippen LogP contribution in [0.4, 0.5) is 8.78 Å². The van der Waals surface area contributed by atoms with E-state index in [1.807, 2.05) is 6.07 Å². The highest BCUT2D eigenvalue weighted by Crippen LogP contribution is 2.45. The number of halogens is 2. The molecule has 38 heavy (non-hydrogen) atoms. The Hall–Kier alpha value is -3.89. The molecule has 3 heterocycles. The molecule has 1 atom stereocenters. The largest absolute Gasteiger partial charge is 0.477 e. The minimum absolute atomic E-state index is 0.0488. The third-order valence-corrected chi connectivity index (χ3v) is 9.03. The summed E-state index contributed by atoms with van der Waals surface area (Å²) >= 11 is 0. The van der Waals surface area contributed by atoms with Gasteiger partial charge in [0.05, 0.1) is 22.5 Å². The monoisotopic (exact) mass is 534 g/mol. The van der Waals surface area contributed by atoms with Crippen LogP contribution in [0.3, 0.4) is 0 Å². The molecule has 4 aromatic rings. The first-order chi connectivity index (χ1) is 18.3. The molecule has 1 aliphatic heterocycles. The summed E-state index contributed by atoms with van der Waals surface area (Å²) in [6.07, 6.45) is 6.44. The molecule has 0 bridgehead atoms. The highest BCUT2D eigenvalue weighted by molar-refractivity contribution is 7.89. The van der Waals surface area contributed by atoms with Crippen molar-refractivity contribution in [2.75, 3.05) is 19.7 Å². The highest BCUT2D eigenvalue weighted by Gasteiger charge is 2.46. The van der Waals surface area contributed by atoms with Gasteiger partial charge in [-0.15, -0.1) is 0 Å². The van der Waals surface area contributed by atoms with Gasteiger partial charge < -0.3 is 4.74 Å². The van der Waals surface area contributed by atoms with Crippen LogP contribution in [-0.2, 0) is 16.4 Å². The van der Waals surface area contributed by atoms with Crippen LogP contribution < -0.4 is 4.74 Å². The standard InChI is InChI=1S/C28H24F2N4O3S/c29-22-4-8-24(9-5-22)34-26-15-21-12-14-33(38(35,36)25-10-6-23(30)7-11-25)18-28(21,16-20(26)17-32-34)19-37-27-3-1-2-13-31-27/h1-11,13,15,17H,12,14,16,18-19H2. The second-order valence-corrected chi connectivity index (χ2v) is 11.5. The number of piperidine rings is 1. The van der Waals surface area contributed by atoms with Crippen LogP contribution >= 0.6 is 0 Å². The number of rotatable bonds is 6. The number of ether oxygens (including phenoxy) is 1. The van der Waals surface area contributed by atoms with Crippen molar-refractivity contribution in [2.24, 2.45) is 5.41 Å². The third-order valence-electron chi connectivity index (χ3n) is 7.17. The topological polar surface area (TPSA) is 77.3 Å². The van der Waals surface area contributed by atoms with Gasteiger partial charge in [0.1, 0.15) is 18.2 Å². The number of hydrogen-bond donors (Lipinski definition) is 0. The number of sulfonamides is 1. The number of fused-ring (bicyclic) bond motifs is 2. The van der Waals surface area contributed by atoms with Crippen LogP contribution in [0.5, 0.6) is 5.88 Å². The van der Waals surface area contributed by atoms with Crippen LogP contribution in [0, 0.1) is 17.0 Å². The number of nitrogens with zero attached hydrogens (tertiary/aromatic N) is 4. The van der Waals surface area contributed by atoms with Crippen molar-refractivity contribution >= 4 is 16.1 Å². The fourth-order valence-electron chi connectivity index (χ4n) is 5.22. The van der Waals surface area contributed by atoms with E-state index in [1.54, 1.807) is 41.3 Å². The Morgan fingerprint density at radius 3 is 2.42 bits per heavy atom. The van der Waals surface area contributed by atoms with E-state index in [1.165, 1.54) is 28.6 Å². The van der Waals surface area contributed by atoms with Crippen LogP contribution in [0.25, 0.3) is 11.8 Å². The molecule has 0 radical (unpaired) electrons. The van der Waals surface area contributed by atoms with E-state index >= 15 is 0 Å². The molecule has 7 nitrogen and oxygen atoms in total. The van der Waals surface area contributed by atoms with E-state index in [2.05, 4.69) is 16.2 Å². The Morgan fingerprint density at radius 1 is 0.974 bits per heavy atom. The first kappa shape index (κ1) is 24.4. The van der Waals surface area contributed by atoms with Gasteiger partial charge in [0.2, 0.25) is 15.9 Å². The van der Waals surface area contributed by atoms with Crippen molar-refractivity contribution in [2.45, 2.75) is 17.7 Å². The molecule has 2 aromatic carbocycles. The Kier molecular flexibility index (Phi) is 6.08. The molecular weight excluding hydrogens is 510 g/mol. The number of aromatic nitrogens is 3. The Bertz CT molecular complexity index is 1600. The first-order valence-electron chi connectivity index (χ1n) is 12.2. The third kappa shape index (κ3) is 4.39. The van der Waals surface area contributed by atoms with Gasteiger partial charge in [0.15, 0.2) is 0 Å². The molecule has 1 saturated heterocycles. The molecule has 0 spiro atoms. The summed E-state index contributed by atoms with van der Waals surface area (Å²) in [5, 5.41) is 4.56. The molecule has 1 fully saturated rings. The van der Waals surface area contributed by atoms with Crippen molar-refractivity contribution < 1.29 is 21.9 Å². The van der Waals surface area contributed by atoms with Crippen LogP contribution in [0.1, 0.15) is 17.7 Å².